The first-order valence-electron chi connectivity index (χ1n) is 6.92. The molecule has 0 spiro atoms. The van der Waals surface area contributed by atoms with E-state index in [1.165, 1.54) is 12.1 Å². The summed E-state index contributed by atoms with van der Waals surface area (Å²) in [4.78, 5) is 23.8. The molecule has 22 heavy (non-hydrogen) atoms. The smallest absolute Gasteiger partial charge is 0.321 e. The number of nitro groups is 1. The highest BCUT2D eigenvalue weighted by Gasteiger charge is 2.32. The van der Waals surface area contributed by atoms with Gasteiger partial charge in [-0.15, -0.1) is 12.4 Å². The number of carboxylic acid groups (broad SMARTS) is 1. The van der Waals surface area contributed by atoms with Crippen LogP contribution in [0.15, 0.2) is 24.3 Å². The van der Waals surface area contributed by atoms with Gasteiger partial charge in [-0.3, -0.25) is 19.8 Å². The van der Waals surface area contributed by atoms with Crippen LogP contribution in [0.2, 0.25) is 0 Å². The van der Waals surface area contributed by atoms with Gasteiger partial charge in [-0.2, -0.15) is 0 Å². The number of carbonyl (C=O) groups is 1. The quantitative estimate of drug-likeness (QED) is 0.627. The van der Waals surface area contributed by atoms with Crippen LogP contribution in [0, 0.1) is 10.1 Å². The first-order chi connectivity index (χ1) is 10.0. The molecule has 1 aliphatic heterocycles. The van der Waals surface area contributed by atoms with Crippen LogP contribution >= 0.6 is 12.4 Å². The van der Waals surface area contributed by atoms with Crippen molar-refractivity contribution in [1.82, 2.24) is 10.2 Å². The van der Waals surface area contributed by atoms with E-state index in [0.717, 1.165) is 18.7 Å². The van der Waals surface area contributed by atoms with Gasteiger partial charge in [-0.05, 0) is 5.56 Å². The minimum absolute atomic E-state index is 0. The molecule has 1 heterocycles. The molecule has 1 aliphatic rings. The van der Waals surface area contributed by atoms with Crippen molar-refractivity contribution in [2.24, 2.45) is 0 Å². The molecule has 1 unspecified atom stereocenters. The Balaban J connectivity index is 0.00000242. The van der Waals surface area contributed by atoms with Gasteiger partial charge in [0, 0.05) is 44.2 Å². The zero-order chi connectivity index (χ0) is 15.4. The molecule has 1 saturated heterocycles. The lowest BCUT2D eigenvalue weighted by molar-refractivity contribution is -0.384. The molecule has 0 aromatic heterocycles. The normalized spacial score (nSPS) is 18.0. The highest BCUT2D eigenvalue weighted by atomic mass is 35.5. The predicted molar refractivity (Wildman–Crippen MR) is 84.6 cm³/mol. The number of nitrogens with zero attached hydrogens (tertiary/aromatic N) is 2. The predicted octanol–water partition coefficient (Wildman–Crippen LogP) is 1.48. The van der Waals surface area contributed by atoms with E-state index in [1.54, 1.807) is 12.1 Å². The van der Waals surface area contributed by atoms with E-state index in [2.05, 4.69) is 5.32 Å². The number of nitro benzene ring substituents is 1. The zero-order valence-corrected chi connectivity index (χ0v) is 13.1. The molecule has 122 valence electrons. The molecule has 2 atom stereocenters. The van der Waals surface area contributed by atoms with Gasteiger partial charge in [0.25, 0.3) is 5.69 Å². The molecule has 0 aliphatic carbocycles. The molecule has 2 rings (SSSR count). The fourth-order valence-corrected chi connectivity index (χ4v) is 2.73. The van der Waals surface area contributed by atoms with Gasteiger partial charge < -0.3 is 10.4 Å². The van der Waals surface area contributed by atoms with Crippen LogP contribution in [0.1, 0.15) is 18.4 Å². The zero-order valence-electron chi connectivity index (χ0n) is 12.3. The Kier molecular flexibility index (Phi) is 6.73. The lowest BCUT2D eigenvalue weighted by Gasteiger charge is -2.35. The number of hydrogen-bond donors (Lipinski definition) is 2. The number of nitrogens with one attached hydrogen (secondary N) is 1. The first kappa shape index (κ1) is 18.3. The average molecular weight is 330 g/mol. The van der Waals surface area contributed by atoms with Crippen LogP contribution in [-0.4, -0.2) is 53.1 Å². The van der Waals surface area contributed by atoms with E-state index < -0.39 is 16.9 Å². The molecule has 8 heteroatoms. The van der Waals surface area contributed by atoms with Crippen molar-refractivity contribution in [3.8, 4) is 0 Å². The summed E-state index contributed by atoms with van der Waals surface area (Å²) in [6, 6.07) is 5.50. The van der Waals surface area contributed by atoms with E-state index >= 15 is 0 Å². The monoisotopic (exact) mass is 329 g/mol. The van der Waals surface area contributed by atoms with Crippen LogP contribution in [0.25, 0.3) is 0 Å². The molecule has 0 radical (unpaired) electrons. The molecule has 1 fully saturated rings. The third kappa shape index (κ3) is 4.16. The number of piperazine rings is 1. The summed E-state index contributed by atoms with van der Waals surface area (Å²) in [6.45, 7) is 4.78. The van der Waals surface area contributed by atoms with Crippen molar-refractivity contribution in [3.05, 3.63) is 39.9 Å². The number of non-ortho nitro benzene ring substituents is 1. The lowest BCUT2D eigenvalue weighted by Crippen LogP contribution is -2.53. The van der Waals surface area contributed by atoms with Gasteiger partial charge in [0.05, 0.1) is 4.92 Å². The van der Waals surface area contributed by atoms with Gasteiger partial charge >= 0.3 is 5.97 Å². The number of rotatable bonds is 5. The number of hydrogen-bond acceptors (Lipinski definition) is 5. The minimum atomic E-state index is -0.859. The van der Waals surface area contributed by atoms with Crippen LogP contribution in [-0.2, 0) is 4.79 Å². The van der Waals surface area contributed by atoms with Crippen LogP contribution in [0.4, 0.5) is 5.69 Å². The molecule has 1 aromatic carbocycles. The largest absolute Gasteiger partial charge is 0.480 e. The maximum Gasteiger partial charge on any atom is 0.321 e. The fraction of sp³-hybridized carbons (Fsp3) is 0.500. The lowest BCUT2D eigenvalue weighted by atomic mass is 9.91. The highest BCUT2D eigenvalue weighted by molar-refractivity contribution is 5.85. The van der Waals surface area contributed by atoms with Crippen molar-refractivity contribution in [2.45, 2.75) is 18.9 Å². The molecular weight excluding hydrogens is 310 g/mol. The number of carboxylic acids is 1. The maximum absolute atomic E-state index is 11.6. The summed E-state index contributed by atoms with van der Waals surface area (Å²) < 4.78 is 0. The number of halogens is 1. The van der Waals surface area contributed by atoms with Crippen molar-refractivity contribution in [1.29, 1.82) is 0 Å². The maximum atomic E-state index is 11.6. The van der Waals surface area contributed by atoms with E-state index in [4.69, 9.17) is 0 Å². The highest BCUT2D eigenvalue weighted by Crippen LogP contribution is 2.25. The van der Waals surface area contributed by atoms with E-state index in [9.17, 15) is 20.0 Å². The van der Waals surface area contributed by atoms with Gasteiger partial charge in [-0.1, -0.05) is 19.1 Å². The topological polar surface area (TPSA) is 95.7 Å². The standard InChI is InChI=1S/C14H19N3O4.ClH/c1-10(11-2-4-12(5-3-11)17(20)21)13(14(18)19)16-8-6-15-7-9-16;/h2-5,10,13,15H,6-9H2,1H3,(H,18,19);1H/t10?,13-;/m0./s1. The molecule has 2 N–H and O–H groups in total. The molecule has 0 amide bonds. The molecule has 0 bridgehead atoms. The minimum Gasteiger partial charge on any atom is -0.480 e. The first-order valence-corrected chi connectivity index (χ1v) is 6.92. The summed E-state index contributed by atoms with van der Waals surface area (Å²) in [5.41, 5.74) is 0.812. The molecule has 1 aromatic rings. The van der Waals surface area contributed by atoms with Gasteiger partial charge in [0.2, 0.25) is 0 Å². The summed E-state index contributed by atoms with van der Waals surface area (Å²) in [5, 5.41) is 23.4. The Hall–Kier alpha value is -1.70. The summed E-state index contributed by atoms with van der Waals surface area (Å²) in [5.74, 6) is -1.09. The molecule has 0 saturated carbocycles. The SMILES string of the molecule is CC(c1ccc([N+](=O)[O-])cc1)[C@@H](C(=O)O)N1CCNCC1.Cl. The van der Waals surface area contributed by atoms with Crippen LogP contribution < -0.4 is 5.32 Å². The fourth-order valence-electron chi connectivity index (χ4n) is 2.73. The summed E-state index contributed by atoms with van der Waals surface area (Å²) >= 11 is 0. The second kappa shape index (κ2) is 8.07. The second-order valence-electron chi connectivity index (χ2n) is 5.21. The molecule has 7 nitrogen and oxygen atoms in total. The van der Waals surface area contributed by atoms with Gasteiger partial charge in [0.15, 0.2) is 0 Å². The van der Waals surface area contributed by atoms with Crippen molar-refractivity contribution in [3.63, 3.8) is 0 Å². The summed E-state index contributed by atoms with van der Waals surface area (Å²) in [7, 11) is 0. The number of aliphatic carboxylic acids is 1. The summed E-state index contributed by atoms with van der Waals surface area (Å²) in [6.07, 6.45) is 0. The van der Waals surface area contributed by atoms with Crippen LogP contribution in [0.5, 0.6) is 0 Å². The Morgan fingerprint density at radius 2 is 1.86 bits per heavy atom. The van der Waals surface area contributed by atoms with Crippen molar-refractivity contribution < 1.29 is 14.8 Å². The van der Waals surface area contributed by atoms with E-state index in [0.29, 0.717) is 13.1 Å². The Labute approximate surface area is 134 Å². The van der Waals surface area contributed by atoms with E-state index in [-0.39, 0.29) is 24.0 Å². The second-order valence-corrected chi connectivity index (χ2v) is 5.21. The Bertz CT molecular complexity index is 517. The third-order valence-corrected chi connectivity index (χ3v) is 3.90. The average Bonchev–Trinajstić information content (AvgIpc) is 2.48. The van der Waals surface area contributed by atoms with Crippen LogP contribution in [0.3, 0.4) is 0 Å². The Morgan fingerprint density at radius 1 is 1.32 bits per heavy atom. The van der Waals surface area contributed by atoms with Gasteiger partial charge in [0.1, 0.15) is 6.04 Å². The molecular formula is C14H20ClN3O4. The van der Waals surface area contributed by atoms with Crippen molar-refractivity contribution in [2.75, 3.05) is 26.2 Å². The third-order valence-electron chi connectivity index (χ3n) is 3.90. The number of benzene rings is 1. The van der Waals surface area contributed by atoms with E-state index in [1.807, 2.05) is 11.8 Å². The Morgan fingerprint density at radius 3 is 2.32 bits per heavy atom. The van der Waals surface area contributed by atoms with Crippen molar-refractivity contribution >= 4 is 24.1 Å². The van der Waals surface area contributed by atoms with Gasteiger partial charge in [-0.25, -0.2) is 0 Å².